The van der Waals surface area contributed by atoms with Gasteiger partial charge in [-0.1, -0.05) is 0 Å². The van der Waals surface area contributed by atoms with Crippen molar-refractivity contribution < 1.29 is 19.4 Å². The van der Waals surface area contributed by atoms with Gasteiger partial charge in [-0.05, 0) is 13.8 Å². The predicted molar refractivity (Wildman–Crippen MR) is 64.9 cm³/mol. The van der Waals surface area contributed by atoms with Gasteiger partial charge >= 0.3 is 0 Å². The van der Waals surface area contributed by atoms with Crippen molar-refractivity contribution in [1.82, 2.24) is 10.6 Å². The summed E-state index contributed by atoms with van der Waals surface area (Å²) in [5.41, 5.74) is 0. The lowest BCUT2D eigenvalue weighted by molar-refractivity contribution is -0.119. The average Bonchev–Trinajstić information content (AvgIpc) is 2.27. The number of nitrogens with one attached hydrogen (secondary N) is 2. The third kappa shape index (κ3) is 11.6. The summed E-state index contributed by atoms with van der Waals surface area (Å²) in [6, 6.07) is 0. The number of carbonyl (C=O) groups is 1. The molecule has 17 heavy (non-hydrogen) atoms. The van der Waals surface area contributed by atoms with E-state index >= 15 is 0 Å². The van der Waals surface area contributed by atoms with Crippen molar-refractivity contribution in [2.24, 2.45) is 0 Å². The van der Waals surface area contributed by atoms with Crippen LogP contribution in [-0.2, 0) is 14.3 Å². The predicted octanol–water partition coefficient (Wildman–Crippen LogP) is -0.875. The first-order valence-electron chi connectivity index (χ1n) is 5.85. The minimum Gasteiger partial charge on any atom is -0.389 e. The molecule has 0 aliphatic carbocycles. The van der Waals surface area contributed by atoms with Gasteiger partial charge in [0.25, 0.3) is 0 Å². The first-order chi connectivity index (χ1) is 8.06. The molecular formula is C11H24N2O4. The summed E-state index contributed by atoms with van der Waals surface area (Å²) >= 11 is 0. The van der Waals surface area contributed by atoms with Crippen molar-refractivity contribution in [2.75, 3.05) is 40.0 Å². The maximum Gasteiger partial charge on any atom is 0.233 e. The summed E-state index contributed by atoms with van der Waals surface area (Å²) in [4.78, 5) is 10.9. The molecule has 1 amide bonds. The number of likely N-dealkylation sites (N-methyl/N-ethyl adjacent to an activating group) is 1. The third-order valence-corrected chi connectivity index (χ3v) is 1.93. The molecule has 0 aromatic carbocycles. The molecule has 6 nitrogen and oxygen atoms in total. The second-order valence-corrected chi connectivity index (χ2v) is 3.95. The van der Waals surface area contributed by atoms with Crippen molar-refractivity contribution in [1.29, 1.82) is 0 Å². The van der Waals surface area contributed by atoms with E-state index in [2.05, 4.69) is 10.6 Å². The van der Waals surface area contributed by atoms with Crippen LogP contribution < -0.4 is 10.6 Å². The van der Waals surface area contributed by atoms with Gasteiger partial charge in [0.2, 0.25) is 5.91 Å². The highest BCUT2D eigenvalue weighted by Gasteiger charge is 2.05. The van der Waals surface area contributed by atoms with Gasteiger partial charge in [0, 0.05) is 13.6 Å². The van der Waals surface area contributed by atoms with E-state index in [4.69, 9.17) is 9.47 Å². The van der Waals surface area contributed by atoms with Crippen LogP contribution in [0.15, 0.2) is 0 Å². The van der Waals surface area contributed by atoms with Gasteiger partial charge in [-0.2, -0.15) is 0 Å². The van der Waals surface area contributed by atoms with Crippen molar-refractivity contribution in [3.05, 3.63) is 0 Å². The summed E-state index contributed by atoms with van der Waals surface area (Å²) in [5.74, 6) is -0.108. The Balaban J connectivity index is 3.28. The van der Waals surface area contributed by atoms with Gasteiger partial charge in [0.05, 0.1) is 38.6 Å². The van der Waals surface area contributed by atoms with Crippen LogP contribution in [0, 0.1) is 0 Å². The molecule has 0 radical (unpaired) electrons. The molecule has 6 heteroatoms. The minimum absolute atomic E-state index is 0.108. The van der Waals surface area contributed by atoms with Crippen molar-refractivity contribution >= 4 is 5.91 Å². The first kappa shape index (κ1) is 16.3. The highest BCUT2D eigenvalue weighted by atomic mass is 16.5. The quantitative estimate of drug-likeness (QED) is 0.438. The van der Waals surface area contributed by atoms with Crippen molar-refractivity contribution in [3.63, 3.8) is 0 Å². The highest BCUT2D eigenvalue weighted by molar-refractivity contribution is 5.77. The lowest BCUT2D eigenvalue weighted by Gasteiger charge is -2.12. The van der Waals surface area contributed by atoms with Crippen LogP contribution in [0.25, 0.3) is 0 Å². The summed E-state index contributed by atoms with van der Waals surface area (Å²) in [6.45, 7) is 5.67. The molecule has 0 aliphatic rings. The molecule has 0 saturated heterocycles. The number of aliphatic hydroxyl groups is 1. The zero-order chi connectivity index (χ0) is 13.1. The largest absolute Gasteiger partial charge is 0.389 e. The van der Waals surface area contributed by atoms with Gasteiger partial charge < -0.3 is 25.2 Å². The van der Waals surface area contributed by atoms with E-state index in [-0.39, 0.29) is 25.2 Å². The Hall–Kier alpha value is -0.690. The highest BCUT2D eigenvalue weighted by Crippen LogP contribution is 1.89. The Morgan fingerprint density at radius 2 is 2.06 bits per heavy atom. The maximum absolute atomic E-state index is 10.9. The standard InChI is InChI=1S/C11H24N2O4/c1-9(2)17-5-4-16-8-10(14)6-13-7-11(15)12-3/h9-10,13-14H,4-8H2,1-3H3,(H,12,15). The fourth-order valence-corrected chi connectivity index (χ4v) is 1.06. The first-order valence-corrected chi connectivity index (χ1v) is 5.85. The second-order valence-electron chi connectivity index (χ2n) is 3.95. The lowest BCUT2D eigenvalue weighted by Crippen LogP contribution is -2.37. The Morgan fingerprint density at radius 1 is 1.35 bits per heavy atom. The summed E-state index contributed by atoms with van der Waals surface area (Å²) < 4.78 is 10.5. The normalized spacial score (nSPS) is 12.8. The fraction of sp³-hybridized carbons (Fsp3) is 0.909. The average molecular weight is 248 g/mol. The Labute approximate surface area is 103 Å². The zero-order valence-electron chi connectivity index (χ0n) is 10.9. The van der Waals surface area contributed by atoms with E-state index in [1.807, 2.05) is 13.8 Å². The molecular weight excluding hydrogens is 224 g/mol. The Bertz CT molecular complexity index is 200. The molecule has 0 aliphatic heterocycles. The molecule has 0 rings (SSSR count). The lowest BCUT2D eigenvalue weighted by atomic mass is 10.3. The molecule has 0 aromatic heterocycles. The Kier molecular flexibility index (Phi) is 10.0. The molecule has 1 atom stereocenters. The zero-order valence-corrected chi connectivity index (χ0v) is 10.9. The topological polar surface area (TPSA) is 79.8 Å². The van der Waals surface area contributed by atoms with Crippen LogP contribution in [-0.4, -0.2) is 63.2 Å². The van der Waals surface area contributed by atoms with Gasteiger partial charge in [0.1, 0.15) is 0 Å². The van der Waals surface area contributed by atoms with Gasteiger partial charge in [-0.3, -0.25) is 4.79 Å². The Morgan fingerprint density at radius 3 is 2.65 bits per heavy atom. The summed E-state index contributed by atoms with van der Waals surface area (Å²) in [6.07, 6.45) is -0.420. The van der Waals surface area contributed by atoms with Crippen LogP contribution in [0.3, 0.4) is 0 Å². The molecule has 0 bridgehead atoms. The van der Waals surface area contributed by atoms with Crippen LogP contribution in [0.2, 0.25) is 0 Å². The molecule has 102 valence electrons. The number of hydrogen-bond donors (Lipinski definition) is 3. The van der Waals surface area contributed by atoms with E-state index in [1.165, 1.54) is 0 Å². The van der Waals surface area contributed by atoms with Gasteiger partial charge in [0.15, 0.2) is 0 Å². The molecule has 0 spiro atoms. The van der Waals surface area contributed by atoms with Crippen molar-refractivity contribution in [2.45, 2.75) is 26.1 Å². The SMILES string of the molecule is CNC(=O)CNCC(O)COCCOC(C)C. The number of amides is 1. The van der Waals surface area contributed by atoms with E-state index in [0.29, 0.717) is 19.8 Å². The number of ether oxygens (including phenoxy) is 2. The van der Waals surface area contributed by atoms with E-state index in [9.17, 15) is 9.90 Å². The molecule has 0 aromatic rings. The summed E-state index contributed by atoms with van der Waals surface area (Å²) in [7, 11) is 1.57. The third-order valence-electron chi connectivity index (χ3n) is 1.93. The monoisotopic (exact) mass is 248 g/mol. The van der Waals surface area contributed by atoms with Crippen LogP contribution in [0.1, 0.15) is 13.8 Å². The maximum atomic E-state index is 10.9. The molecule has 0 saturated carbocycles. The smallest absolute Gasteiger partial charge is 0.233 e. The number of carbonyl (C=O) groups excluding carboxylic acids is 1. The molecule has 1 unspecified atom stereocenters. The van der Waals surface area contributed by atoms with Gasteiger partial charge in [-0.15, -0.1) is 0 Å². The number of rotatable bonds is 10. The van der Waals surface area contributed by atoms with Gasteiger partial charge in [-0.25, -0.2) is 0 Å². The van der Waals surface area contributed by atoms with Crippen molar-refractivity contribution in [3.8, 4) is 0 Å². The van der Waals surface area contributed by atoms with Crippen LogP contribution >= 0.6 is 0 Å². The van der Waals surface area contributed by atoms with E-state index < -0.39 is 6.10 Å². The fourth-order valence-electron chi connectivity index (χ4n) is 1.06. The molecule has 3 N–H and O–H groups in total. The molecule has 0 heterocycles. The summed E-state index contributed by atoms with van der Waals surface area (Å²) in [5, 5.41) is 14.8. The minimum atomic E-state index is -0.612. The van der Waals surface area contributed by atoms with Crippen LogP contribution in [0.5, 0.6) is 0 Å². The number of aliphatic hydroxyl groups excluding tert-OH is 1. The van der Waals surface area contributed by atoms with E-state index in [1.54, 1.807) is 7.05 Å². The molecule has 0 fully saturated rings. The van der Waals surface area contributed by atoms with E-state index in [0.717, 1.165) is 0 Å². The second kappa shape index (κ2) is 10.5. The number of hydrogen-bond acceptors (Lipinski definition) is 5. The van der Waals surface area contributed by atoms with Crippen LogP contribution in [0.4, 0.5) is 0 Å².